The summed E-state index contributed by atoms with van der Waals surface area (Å²) in [4.78, 5) is 4.09. The quantitative estimate of drug-likeness (QED) is 0.644. The predicted octanol–water partition coefficient (Wildman–Crippen LogP) is 1.21. The minimum absolute atomic E-state index is 0.435. The maximum Gasteiger partial charge on any atom is 0.301 e. The van der Waals surface area contributed by atoms with Crippen molar-refractivity contribution in [1.82, 2.24) is 10.3 Å². The van der Waals surface area contributed by atoms with Crippen molar-refractivity contribution in [3.8, 4) is 0 Å². The SMILES string of the molecule is CNC(=S)Nc1nc(C)c(C)o1. The zero-order valence-electron chi connectivity index (χ0n) is 7.26. The second kappa shape index (κ2) is 3.53. The Kier molecular flexibility index (Phi) is 2.65. The number of hydrogen-bond donors (Lipinski definition) is 2. The molecule has 0 aliphatic heterocycles. The second-order valence-corrected chi connectivity index (χ2v) is 2.77. The summed E-state index contributed by atoms with van der Waals surface area (Å²) in [6.45, 7) is 3.74. The molecule has 1 aromatic heterocycles. The number of oxazole rings is 1. The lowest BCUT2D eigenvalue weighted by Crippen LogP contribution is -2.24. The summed E-state index contributed by atoms with van der Waals surface area (Å²) in [6.07, 6.45) is 0. The standard InChI is InChI=1S/C7H11N3OS/c1-4-5(2)11-6(9-4)10-7(12)8-3/h1-3H3,(H2,8,9,10,12). The van der Waals surface area contributed by atoms with Crippen LogP contribution in [0.5, 0.6) is 0 Å². The molecule has 66 valence electrons. The van der Waals surface area contributed by atoms with Crippen molar-refractivity contribution >= 4 is 23.3 Å². The molecule has 2 N–H and O–H groups in total. The monoisotopic (exact) mass is 185 g/mol. The van der Waals surface area contributed by atoms with Gasteiger partial charge in [-0.3, -0.25) is 5.32 Å². The van der Waals surface area contributed by atoms with Crippen LogP contribution in [0.2, 0.25) is 0 Å². The molecule has 0 saturated carbocycles. The van der Waals surface area contributed by atoms with E-state index in [-0.39, 0.29) is 0 Å². The fourth-order valence-corrected chi connectivity index (χ4v) is 0.773. The van der Waals surface area contributed by atoms with Crippen LogP contribution < -0.4 is 10.6 Å². The maximum atomic E-state index is 5.24. The van der Waals surface area contributed by atoms with Crippen molar-refractivity contribution in [3.05, 3.63) is 11.5 Å². The summed E-state index contributed by atoms with van der Waals surface area (Å²) in [7, 11) is 1.73. The summed E-state index contributed by atoms with van der Waals surface area (Å²) in [5.41, 5.74) is 0.872. The van der Waals surface area contributed by atoms with Gasteiger partial charge >= 0.3 is 6.01 Å². The van der Waals surface area contributed by atoms with Gasteiger partial charge in [-0.15, -0.1) is 0 Å². The summed E-state index contributed by atoms with van der Waals surface area (Å²) in [5.74, 6) is 0.802. The molecule has 4 nitrogen and oxygen atoms in total. The van der Waals surface area contributed by atoms with E-state index in [1.165, 1.54) is 0 Å². The van der Waals surface area contributed by atoms with Gasteiger partial charge < -0.3 is 9.73 Å². The molecule has 1 rings (SSSR count). The van der Waals surface area contributed by atoms with Crippen LogP contribution in [0.1, 0.15) is 11.5 Å². The first-order valence-corrected chi connectivity index (χ1v) is 3.97. The Morgan fingerprint density at radius 3 is 2.58 bits per heavy atom. The Morgan fingerprint density at radius 1 is 1.50 bits per heavy atom. The number of nitrogens with one attached hydrogen (secondary N) is 2. The number of hydrogen-bond acceptors (Lipinski definition) is 3. The predicted molar refractivity (Wildman–Crippen MR) is 51.3 cm³/mol. The maximum absolute atomic E-state index is 5.24. The molecule has 5 heteroatoms. The third-order valence-electron chi connectivity index (χ3n) is 1.48. The van der Waals surface area contributed by atoms with E-state index in [1.54, 1.807) is 7.05 Å². The Bertz CT molecular complexity index is 275. The van der Waals surface area contributed by atoms with Gasteiger partial charge in [-0.25, -0.2) is 0 Å². The number of aromatic nitrogens is 1. The molecule has 0 spiro atoms. The highest BCUT2D eigenvalue weighted by molar-refractivity contribution is 7.80. The van der Waals surface area contributed by atoms with E-state index < -0.39 is 0 Å². The van der Waals surface area contributed by atoms with E-state index in [1.807, 2.05) is 13.8 Å². The Hall–Kier alpha value is -1.10. The highest BCUT2D eigenvalue weighted by atomic mass is 32.1. The van der Waals surface area contributed by atoms with Gasteiger partial charge in [0, 0.05) is 7.05 Å². The van der Waals surface area contributed by atoms with Crippen molar-refractivity contribution in [2.45, 2.75) is 13.8 Å². The fourth-order valence-electron chi connectivity index (χ4n) is 0.686. The number of nitrogens with zero attached hydrogens (tertiary/aromatic N) is 1. The summed E-state index contributed by atoms with van der Waals surface area (Å²) in [6, 6.07) is 0.435. The van der Waals surface area contributed by atoms with Crippen LogP contribution in [0.25, 0.3) is 0 Å². The summed E-state index contributed by atoms with van der Waals surface area (Å²) in [5, 5.41) is 6.05. The van der Waals surface area contributed by atoms with E-state index in [9.17, 15) is 0 Å². The van der Waals surface area contributed by atoms with Crippen LogP contribution in [-0.2, 0) is 0 Å². The Balaban J connectivity index is 2.70. The molecule has 0 aliphatic rings. The Morgan fingerprint density at radius 2 is 2.17 bits per heavy atom. The van der Waals surface area contributed by atoms with Gasteiger partial charge in [-0.2, -0.15) is 4.98 Å². The minimum atomic E-state index is 0.435. The van der Waals surface area contributed by atoms with Crippen molar-refractivity contribution in [2.24, 2.45) is 0 Å². The Labute approximate surface area is 76.4 Å². The molecule has 0 aromatic carbocycles. The molecular weight excluding hydrogens is 174 g/mol. The minimum Gasteiger partial charge on any atom is -0.429 e. The molecule has 0 amide bonds. The van der Waals surface area contributed by atoms with Gasteiger partial charge in [0.05, 0.1) is 5.69 Å². The van der Waals surface area contributed by atoms with Crippen LogP contribution >= 0.6 is 12.2 Å². The van der Waals surface area contributed by atoms with Crippen molar-refractivity contribution in [2.75, 3.05) is 12.4 Å². The molecule has 0 bridgehead atoms. The number of anilines is 1. The van der Waals surface area contributed by atoms with E-state index in [0.29, 0.717) is 11.1 Å². The van der Waals surface area contributed by atoms with Gasteiger partial charge in [0.15, 0.2) is 5.11 Å². The van der Waals surface area contributed by atoms with E-state index in [2.05, 4.69) is 15.6 Å². The van der Waals surface area contributed by atoms with Crippen LogP contribution in [0, 0.1) is 13.8 Å². The average molecular weight is 185 g/mol. The normalized spacial score (nSPS) is 9.58. The van der Waals surface area contributed by atoms with E-state index >= 15 is 0 Å². The zero-order valence-corrected chi connectivity index (χ0v) is 8.08. The lowest BCUT2D eigenvalue weighted by atomic mass is 10.4. The fraction of sp³-hybridized carbons (Fsp3) is 0.429. The van der Waals surface area contributed by atoms with E-state index in [4.69, 9.17) is 16.6 Å². The molecule has 1 heterocycles. The molecule has 0 saturated heterocycles. The van der Waals surface area contributed by atoms with Crippen molar-refractivity contribution < 1.29 is 4.42 Å². The molecule has 0 fully saturated rings. The van der Waals surface area contributed by atoms with Crippen LogP contribution in [-0.4, -0.2) is 17.1 Å². The highest BCUT2D eigenvalue weighted by Crippen LogP contribution is 2.12. The van der Waals surface area contributed by atoms with Crippen molar-refractivity contribution in [1.29, 1.82) is 0 Å². The molecular formula is C7H11N3OS. The van der Waals surface area contributed by atoms with Gasteiger partial charge in [-0.1, -0.05) is 0 Å². The topological polar surface area (TPSA) is 50.1 Å². The second-order valence-electron chi connectivity index (χ2n) is 2.36. The largest absolute Gasteiger partial charge is 0.429 e. The number of aryl methyl sites for hydroxylation is 2. The molecule has 0 radical (unpaired) electrons. The molecule has 1 aromatic rings. The molecule has 0 aliphatic carbocycles. The smallest absolute Gasteiger partial charge is 0.301 e. The number of thiocarbonyl (C=S) groups is 1. The number of rotatable bonds is 1. The lowest BCUT2D eigenvalue weighted by Gasteiger charge is -2.00. The first-order valence-electron chi connectivity index (χ1n) is 3.56. The van der Waals surface area contributed by atoms with Gasteiger partial charge in [0.1, 0.15) is 5.76 Å². The van der Waals surface area contributed by atoms with Crippen LogP contribution in [0.4, 0.5) is 6.01 Å². The molecule has 12 heavy (non-hydrogen) atoms. The van der Waals surface area contributed by atoms with Gasteiger partial charge in [0.25, 0.3) is 0 Å². The lowest BCUT2D eigenvalue weighted by molar-refractivity contribution is 0.544. The molecule has 0 unspecified atom stereocenters. The average Bonchev–Trinajstić information content (AvgIpc) is 2.31. The summed E-state index contributed by atoms with van der Waals surface area (Å²) < 4.78 is 5.24. The molecule has 0 atom stereocenters. The van der Waals surface area contributed by atoms with Gasteiger partial charge in [0.2, 0.25) is 0 Å². The van der Waals surface area contributed by atoms with E-state index in [0.717, 1.165) is 11.5 Å². The third kappa shape index (κ3) is 1.94. The van der Waals surface area contributed by atoms with Crippen LogP contribution in [0.3, 0.4) is 0 Å². The third-order valence-corrected chi connectivity index (χ3v) is 1.78. The summed E-state index contributed by atoms with van der Waals surface area (Å²) >= 11 is 4.87. The van der Waals surface area contributed by atoms with Gasteiger partial charge in [-0.05, 0) is 26.1 Å². The first-order chi connectivity index (χ1) is 5.63. The van der Waals surface area contributed by atoms with Crippen molar-refractivity contribution in [3.63, 3.8) is 0 Å². The first kappa shape index (κ1) is 8.99. The van der Waals surface area contributed by atoms with Crippen LogP contribution in [0.15, 0.2) is 4.42 Å². The highest BCUT2D eigenvalue weighted by Gasteiger charge is 2.05. The zero-order chi connectivity index (χ0) is 9.14.